The summed E-state index contributed by atoms with van der Waals surface area (Å²) in [6, 6.07) is 18.9. The van der Waals surface area contributed by atoms with Gasteiger partial charge in [-0.2, -0.15) is 5.26 Å². The van der Waals surface area contributed by atoms with Gasteiger partial charge in [0.05, 0.1) is 5.56 Å². The van der Waals surface area contributed by atoms with E-state index >= 15 is 0 Å². The Hall–Kier alpha value is -2.37. The van der Waals surface area contributed by atoms with Gasteiger partial charge < -0.3 is 5.32 Å². The standard InChI is InChI=1S/C24H22FN3OS2.ClH/c25-18-6-8-19(9-7-18)30-13-11-23(29)27-24-21(14-26)20-10-12-28(16-22(20)31-24)15-17-4-2-1-3-5-17;/h1-9H,10-13,15-16H2,(H,27,29);1H. The molecule has 0 bridgehead atoms. The van der Waals surface area contributed by atoms with E-state index in [-0.39, 0.29) is 24.1 Å². The molecule has 8 heteroatoms. The number of thioether (sulfide) groups is 1. The molecular weight excluding hydrogens is 465 g/mol. The largest absolute Gasteiger partial charge is 0.317 e. The van der Waals surface area contributed by atoms with Crippen molar-refractivity contribution < 1.29 is 9.18 Å². The van der Waals surface area contributed by atoms with Crippen LogP contribution < -0.4 is 5.32 Å². The van der Waals surface area contributed by atoms with Crippen molar-refractivity contribution in [2.24, 2.45) is 0 Å². The maximum atomic E-state index is 13.0. The van der Waals surface area contributed by atoms with Gasteiger partial charge in [-0.25, -0.2) is 4.39 Å². The molecule has 0 aliphatic carbocycles. The molecule has 1 aliphatic heterocycles. The average molecular weight is 488 g/mol. The Balaban J connectivity index is 0.00000289. The zero-order chi connectivity index (χ0) is 21.6. The Morgan fingerprint density at radius 3 is 2.66 bits per heavy atom. The van der Waals surface area contributed by atoms with Crippen LogP contribution in [0.4, 0.5) is 9.39 Å². The Morgan fingerprint density at radius 1 is 1.19 bits per heavy atom. The molecule has 0 spiro atoms. The fraction of sp³-hybridized carbons (Fsp3) is 0.250. The van der Waals surface area contributed by atoms with E-state index in [4.69, 9.17) is 0 Å². The number of nitrogens with one attached hydrogen (secondary N) is 1. The van der Waals surface area contributed by atoms with Gasteiger partial charge in [0, 0.05) is 41.6 Å². The third-order valence-corrected chi connectivity index (χ3v) is 7.31. The number of anilines is 1. The number of hydrogen-bond donors (Lipinski definition) is 1. The molecule has 1 N–H and O–H groups in total. The minimum Gasteiger partial charge on any atom is -0.317 e. The molecule has 0 saturated heterocycles. The lowest BCUT2D eigenvalue weighted by atomic mass is 10.0. The van der Waals surface area contributed by atoms with Crippen molar-refractivity contribution in [2.45, 2.75) is 30.8 Å². The number of nitriles is 1. The normalized spacial score (nSPS) is 13.0. The highest BCUT2D eigenvalue weighted by Gasteiger charge is 2.25. The molecule has 1 aliphatic rings. The van der Waals surface area contributed by atoms with E-state index in [1.807, 2.05) is 18.2 Å². The lowest BCUT2D eigenvalue weighted by Crippen LogP contribution is -2.29. The van der Waals surface area contributed by atoms with Gasteiger partial charge in [0.2, 0.25) is 5.91 Å². The minimum atomic E-state index is -0.268. The Bertz CT molecular complexity index is 1100. The van der Waals surface area contributed by atoms with Crippen molar-refractivity contribution in [1.29, 1.82) is 5.26 Å². The van der Waals surface area contributed by atoms with Gasteiger partial charge in [-0.05, 0) is 41.8 Å². The molecular formula is C24H23ClFN3OS2. The van der Waals surface area contributed by atoms with E-state index in [0.717, 1.165) is 41.4 Å². The topological polar surface area (TPSA) is 56.1 Å². The highest BCUT2D eigenvalue weighted by atomic mass is 35.5. The zero-order valence-electron chi connectivity index (χ0n) is 17.3. The number of fused-ring (bicyclic) bond motifs is 1. The summed E-state index contributed by atoms with van der Waals surface area (Å²) < 4.78 is 13.0. The van der Waals surface area contributed by atoms with Crippen molar-refractivity contribution in [1.82, 2.24) is 4.90 Å². The maximum Gasteiger partial charge on any atom is 0.225 e. The summed E-state index contributed by atoms with van der Waals surface area (Å²) in [4.78, 5) is 16.9. The van der Waals surface area contributed by atoms with E-state index in [2.05, 4.69) is 28.4 Å². The van der Waals surface area contributed by atoms with Gasteiger partial charge in [-0.1, -0.05) is 30.3 Å². The van der Waals surface area contributed by atoms with Gasteiger partial charge in [-0.15, -0.1) is 35.5 Å². The van der Waals surface area contributed by atoms with Crippen LogP contribution in [0.25, 0.3) is 0 Å². The predicted octanol–water partition coefficient (Wildman–Crippen LogP) is 5.86. The van der Waals surface area contributed by atoms with Crippen LogP contribution >= 0.6 is 35.5 Å². The number of hydrogen-bond acceptors (Lipinski definition) is 5. The number of carbonyl (C=O) groups is 1. The Labute approximate surface area is 201 Å². The first-order chi connectivity index (χ1) is 15.1. The average Bonchev–Trinajstić information content (AvgIpc) is 3.12. The summed E-state index contributed by atoms with van der Waals surface area (Å²) in [7, 11) is 0. The van der Waals surface area contributed by atoms with Crippen LogP contribution in [0.2, 0.25) is 0 Å². The van der Waals surface area contributed by atoms with Crippen molar-refractivity contribution >= 4 is 46.4 Å². The number of benzene rings is 2. The third kappa shape index (κ3) is 6.11. The van der Waals surface area contributed by atoms with Crippen molar-refractivity contribution in [3.8, 4) is 6.07 Å². The number of carbonyl (C=O) groups excluding carboxylic acids is 1. The van der Waals surface area contributed by atoms with E-state index in [1.54, 1.807) is 12.1 Å². The molecule has 166 valence electrons. The molecule has 0 unspecified atom stereocenters. The van der Waals surface area contributed by atoms with Gasteiger partial charge in [-0.3, -0.25) is 9.69 Å². The van der Waals surface area contributed by atoms with Crippen LogP contribution in [0.15, 0.2) is 59.5 Å². The summed E-state index contributed by atoms with van der Waals surface area (Å²) in [5.41, 5.74) is 2.96. The number of amides is 1. The summed E-state index contributed by atoms with van der Waals surface area (Å²) in [6.07, 6.45) is 1.15. The Morgan fingerprint density at radius 2 is 1.94 bits per heavy atom. The second-order valence-corrected chi connectivity index (χ2v) is 9.64. The van der Waals surface area contributed by atoms with E-state index in [9.17, 15) is 14.4 Å². The van der Waals surface area contributed by atoms with Gasteiger partial charge in [0.15, 0.2) is 0 Å². The predicted molar refractivity (Wildman–Crippen MR) is 131 cm³/mol. The smallest absolute Gasteiger partial charge is 0.225 e. The van der Waals surface area contributed by atoms with Crippen LogP contribution in [0.1, 0.15) is 28.0 Å². The highest BCUT2D eigenvalue weighted by Crippen LogP contribution is 2.37. The van der Waals surface area contributed by atoms with E-state index in [1.165, 1.54) is 40.8 Å². The minimum absolute atomic E-state index is 0. The fourth-order valence-corrected chi connectivity index (χ4v) is 5.73. The van der Waals surface area contributed by atoms with Crippen LogP contribution in [-0.4, -0.2) is 23.1 Å². The highest BCUT2D eigenvalue weighted by molar-refractivity contribution is 7.99. The quantitative estimate of drug-likeness (QED) is 0.424. The first-order valence-corrected chi connectivity index (χ1v) is 11.9. The van der Waals surface area contributed by atoms with E-state index in [0.29, 0.717) is 22.7 Å². The number of nitrogens with zero attached hydrogens (tertiary/aromatic N) is 2. The summed E-state index contributed by atoms with van der Waals surface area (Å²) >= 11 is 3.03. The van der Waals surface area contributed by atoms with Gasteiger partial charge in [0.25, 0.3) is 0 Å². The van der Waals surface area contributed by atoms with Gasteiger partial charge in [0.1, 0.15) is 16.9 Å². The Kier molecular flexibility index (Phi) is 8.71. The summed E-state index contributed by atoms with van der Waals surface area (Å²) in [5.74, 6) is 0.218. The van der Waals surface area contributed by atoms with Gasteiger partial charge >= 0.3 is 0 Å². The zero-order valence-corrected chi connectivity index (χ0v) is 19.8. The fourth-order valence-electron chi connectivity index (χ4n) is 3.62. The monoisotopic (exact) mass is 487 g/mol. The SMILES string of the molecule is Cl.N#Cc1c(NC(=O)CCSc2ccc(F)cc2)sc2c1CCN(Cc1ccccc1)C2. The second kappa shape index (κ2) is 11.5. The molecule has 32 heavy (non-hydrogen) atoms. The molecule has 1 aromatic heterocycles. The van der Waals surface area contributed by atoms with Crippen molar-refractivity contribution in [3.63, 3.8) is 0 Å². The number of rotatable bonds is 7. The van der Waals surface area contributed by atoms with E-state index < -0.39 is 0 Å². The molecule has 1 amide bonds. The third-order valence-electron chi connectivity index (χ3n) is 5.16. The van der Waals surface area contributed by atoms with Crippen LogP contribution in [0, 0.1) is 17.1 Å². The molecule has 2 aromatic carbocycles. The molecule has 4 rings (SSSR count). The number of thiophene rings is 1. The van der Waals surface area contributed by atoms with Crippen molar-refractivity contribution in [2.75, 3.05) is 17.6 Å². The molecule has 4 nitrogen and oxygen atoms in total. The summed E-state index contributed by atoms with van der Waals surface area (Å²) in [6.45, 7) is 2.57. The molecule has 3 aromatic rings. The lowest BCUT2D eigenvalue weighted by Gasteiger charge is -2.26. The molecule has 0 radical (unpaired) electrons. The second-order valence-electron chi connectivity index (χ2n) is 7.37. The van der Waals surface area contributed by atoms with Crippen LogP contribution in [0.3, 0.4) is 0 Å². The first-order valence-electron chi connectivity index (χ1n) is 10.1. The first kappa shape index (κ1) is 24.3. The maximum absolute atomic E-state index is 13.0. The molecule has 0 fully saturated rings. The summed E-state index contributed by atoms with van der Waals surface area (Å²) in [5, 5.41) is 13.3. The number of halogens is 2. The van der Waals surface area contributed by atoms with Crippen LogP contribution in [0.5, 0.6) is 0 Å². The molecule has 2 heterocycles. The molecule has 0 atom stereocenters. The van der Waals surface area contributed by atoms with Crippen molar-refractivity contribution in [3.05, 3.63) is 82.0 Å². The lowest BCUT2D eigenvalue weighted by molar-refractivity contribution is -0.115. The van der Waals surface area contributed by atoms with Crippen LogP contribution in [-0.2, 0) is 24.3 Å². The molecule has 0 saturated carbocycles.